The molecule has 102 valence electrons. The van der Waals surface area contributed by atoms with Gasteiger partial charge in [0.1, 0.15) is 0 Å². The van der Waals surface area contributed by atoms with Gasteiger partial charge in [-0.3, -0.25) is 14.3 Å². The van der Waals surface area contributed by atoms with Gasteiger partial charge in [0.15, 0.2) is 5.78 Å². The second-order valence-corrected chi connectivity index (χ2v) is 4.41. The number of hydrogen-bond acceptors (Lipinski definition) is 3. The third-order valence-corrected chi connectivity index (χ3v) is 2.62. The Kier molecular flexibility index (Phi) is 4.10. The first-order chi connectivity index (χ1) is 9.54. The van der Waals surface area contributed by atoms with Gasteiger partial charge < -0.3 is 5.32 Å². The molecule has 1 amide bonds. The summed E-state index contributed by atoms with van der Waals surface area (Å²) >= 11 is 0. The van der Waals surface area contributed by atoms with Crippen LogP contribution in [-0.4, -0.2) is 21.5 Å². The molecule has 5 nitrogen and oxygen atoms in total. The van der Waals surface area contributed by atoms with E-state index in [2.05, 4.69) is 10.4 Å². The van der Waals surface area contributed by atoms with Crippen molar-refractivity contribution in [3.05, 3.63) is 53.9 Å². The van der Waals surface area contributed by atoms with Crippen LogP contribution in [-0.2, 0) is 11.8 Å². The number of rotatable bonds is 4. The Morgan fingerprint density at radius 1 is 1.35 bits per heavy atom. The number of aromatic nitrogens is 2. The Morgan fingerprint density at radius 3 is 2.80 bits per heavy atom. The van der Waals surface area contributed by atoms with E-state index in [4.69, 9.17) is 0 Å². The third kappa shape index (κ3) is 3.65. The van der Waals surface area contributed by atoms with Gasteiger partial charge in [-0.05, 0) is 24.3 Å². The van der Waals surface area contributed by atoms with Crippen molar-refractivity contribution in [2.24, 2.45) is 7.05 Å². The van der Waals surface area contributed by atoms with E-state index in [1.807, 2.05) is 13.2 Å². The van der Waals surface area contributed by atoms with E-state index in [0.717, 1.165) is 5.56 Å². The molecule has 5 heteroatoms. The van der Waals surface area contributed by atoms with Gasteiger partial charge in [-0.15, -0.1) is 0 Å². The lowest BCUT2D eigenvalue weighted by Gasteiger charge is -2.03. The van der Waals surface area contributed by atoms with Crippen LogP contribution in [0.5, 0.6) is 0 Å². The van der Waals surface area contributed by atoms with Crippen LogP contribution < -0.4 is 5.32 Å². The summed E-state index contributed by atoms with van der Waals surface area (Å²) in [7, 11) is 1.82. The van der Waals surface area contributed by atoms with Crippen LogP contribution in [0.15, 0.2) is 42.7 Å². The fraction of sp³-hybridized carbons (Fsp3) is 0.133. The molecular weight excluding hydrogens is 254 g/mol. The SMILES string of the molecule is CC(=O)Nc1cccc(C(=O)/C=C/c2cnn(C)c2)c1. The van der Waals surface area contributed by atoms with Gasteiger partial charge in [0.25, 0.3) is 0 Å². The minimum absolute atomic E-state index is 0.124. The molecule has 0 bridgehead atoms. The monoisotopic (exact) mass is 269 g/mol. The Morgan fingerprint density at radius 2 is 2.15 bits per heavy atom. The first-order valence-corrected chi connectivity index (χ1v) is 6.13. The molecule has 0 saturated heterocycles. The van der Waals surface area contributed by atoms with Crippen LogP contribution in [0.3, 0.4) is 0 Å². The topological polar surface area (TPSA) is 64.0 Å². The molecule has 0 aliphatic heterocycles. The van der Waals surface area contributed by atoms with Crippen LogP contribution in [0.1, 0.15) is 22.8 Å². The van der Waals surface area contributed by atoms with Crippen molar-refractivity contribution in [3.63, 3.8) is 0 Å². The quantitative estimate of drug-likeness (QED) is 0.684. The molecule has 2 rings (SSSR count). The highest BCUT2D eigenvalue weighted by molar-refractivity contribution is 6.07. The lowest BCUT2D eigenvalue weighted by Crippen LogP contribution is -2.06. The van der Waals surface area contributed by atoms with Crippen molar-refractivity contribution < 1.29 is 9.59 Å². The largest absolute Gasteiger partial charge is 0.326 e. The van der Waals surface area contributed by atoms with E-state index >= 15 is 0 Å². The second kappa shape index (κ2) is 5.97. The van der Waals surface area contributed by atoms with Gasteiger partial charge in [0.05, 0.1) is 6.20 Å². The number of nitrogens with one attached hydrogen (secondary N) is 1. The normalized spacial score (nSPS) is 10.7. The zero-order valence-electron chi connectivity index (χ0n) is 11.3. The van der Waals surface area contributed by atoms with Crippen molar-refractivity contribution in [2.45, 2.75) is 6.92 Å². The molecule has 0 spiro atoms. The molecule has 0 fully saturated rings. The number of allylic oxidation sites excluding steroid dienone is 1. The van der Waals surface area contributed by atoms with Crippen LogP contribution in [0, 0.1) is 0 Å². The van der Waals surface area contributed by atoms with Crippen molar-refractivity contribution in [2.75, 3.05) is 5.32 Å². The summed E-state index contributed by atoms with van der Waals surface area (Å²) in [4.78, 5) is 23.0. The number of carbonyl (C=O) groups is 2. The average Bonchev–Trinajstić information content (AvgIpc) is 2.81. The molecule has 2 aromatic rings. The number of aryl methyl sites for hydroxylation is 1. The maximum atomic E-state index is 12.0. The Bertz CT molecular complexity index is 671. The summed E-state index contributed by atoms with van der Waals surface area (Å²) in [6.07, 6.45) is 6.69. The minimum Gasteiger partial charge on any atom is -0.326 e. The molecular formula is C15H15N3O2. The van der Waals surface area contributed by atoms with Crippen LogP contribution in [0.25, 0.3) is 6.08 Å². The minimum atomic E-state index is -0.166. The predicted octanol–water partition coefficient (Wildman–Crippen LogP) is 2.27. The van der Waals surface area contributed by atoms with Gasteiger partial charge in [-0.2, -0.15) is 5.10 Å². The fourth-order valence-electron chi connectivity index (χ4n) is 1.75. The highest BCUT2D eigenvalue weighted by atomic mass is 16.1. The second-order valence-electron chi connectivity index (χ2n) is 4.41. The highest BCUT2D eigenvalue weighted by Crippen LogP contribution is 2.12. The number of nitrogens with zero attached hydrogens (tertiary/aromatic N) is 2. The summed E-state index contributed by atoms with van der Waals surface area (Å²) in [5.74, 6) is -0.290. The number of amides is 1. The van der Waals surface area contributed by atoms with E-state index in [1.165, 1.54) is 13.0 Å². The molecule has 0 aliphatic rings. The van der Waals surface area contributed by atoms with Crippen molar-refractivity contribution in [3.8, 4) is 0 Å². The molecule has 1 aromatic heterocycles. The van der Waals surface area contributed by atoms with Gasteiger partial charge in [0.2, 0.25) is 5.91 Å². The van der Waals surface area contributed by atoms with Crippen molar-refractivity contribution >= 4 is 23.5 Å². The summed E-state index contributed by atoms with van der Waals surface area (Å²) in [5, 5.41) is 6.67. The maximum Gasteiger partial charge on any atom is 0.221 e. The molecule has 1 aromatic carbocycles. The number of ketones is 1. The zero-order chi connectivity index (χ0) is 14.5. The molecule has 1 heterocycles. The predicted molar refractivity (Wildman–Crippen MR) is 77.3 cm³/mol. The Balaban J connectivity index is 2.12. The first kappa shape index (κ1) is 13.7. The van der Waals surface area contributed by atoms with E-state index in [0.29, 0.717) is 11.3 Å². The van der Waals surface area contributed by atoms with E-state index in [-0.39, 0.29) is 11.7 Å². The Labute approximate surface area is 116 Å². The molecule has 0 radical (unpaired) electrons. The van der Waals surface area contributed by atoms with Crippen LogP contribution in [0.4, 0.5) is 5.69 Å². The summed E-state index contributed by atoms with van der Waals surface area (Å²) in [5.41, 5.74) is 1.99. The number of benzene rings is 1. The Hall–Kier alpha value is -2.69. The van der Waals surface area contributed by atoms with Gasteiger partial charge in [-0.1, -0.05) is 12.1 Å². The smallest absolute Gasteiger partial charge is 0.221 e. The number of carbonyl (C=O) groups excluding carboxylic acids is 2. The van der Waals surface area contributed by atoms with Crippen molar-refractivity contribution in [1.29, 1.82) is 0 Å². The lowest BCUT2D eigenvalue weighted by molar-refractivity contribution is -0.114. The zero-order valence-corrected chi connectivity index (χ0v) is 11.3. The standard InChI is InChI=1S/C15H15N3O2/c1-11(19)17-14-5-3-4-13(8-14)15(20)7-6-12-9-16-18(2)10-12/h3-10H,1-2H3,(H,17,19)/b7-6+. The van der Waals surface area contributed by atoms with Gasteiger partial charge in [-0.25, -0.2) is 0 Å². The van der Waals surface area contributed by atoms with Crippen molar-refractivity contribution in [1.82, 2.24) is 9.78 Å². The van der Waals surface area contributed by atoms with E-state index < -0.39 is 0 Å². The first-order valence-electron chi connectivity index (χ1n) is 6.13. The van der Waals surface area contributed by atoms with E-state index in [9.17, 15) is 9.59 Å². The van der Waals surface area contributed by atoms with Crippen LogP contribution >= 0.6 is 0 Å². The molecule has 1 N–H and O–H groups in total. The summed E-state index contributed by atoms with van der Waals surface area (Å²) in [6, 6.07) is 6.83. The lowest BCUT2D eigenvalue weighted by atomic mass is 10.1. The van der Waals surface area contributed by atoms with Crippen LogP contribution in [0.2, 0.25) is 0 Å². The average molecular weight is 269 g/mol. The summed E-state index contributed by atoms with van der Waals surface area (Å²) < 4.78 is 1.67. The molecule has 20 heavy (non-hydrogen) atoms. The highest BCUT2D eigenvalue weighted by Gasteiger charge is 2.04. The van der Waals surface area contributed by atoms with Gasteiger partial charge in [0, 0.05) is 37.0 Å². The third-order valence-electron chi connectivity index (χ3n) is 2.62. The fourth-order valence-corrected chi connectivity index (χ4v) is 1.75. The molecule has 0 saturated carbocycles. The molecule has 0 aliphatic carbocycles. The van der Waals surface area contributed by atoms with Gasteiger partial charge >= 0.3 is 0 Å². The maximum absolute atomic E-state index is 12.0. The molecule has 0 atom stereocenters. The molecule has 0 unspecified atom stereocenters. The van der Waals surface area contributed by atoms with E-state index in [1.54, 1.807) is 41.2 Å². The summed E-state index contributed by atoms with van der Waals surface area (Å²) in [6.45, 7) is 1.43. The number of hydrogen-bond donors (Lipinski definition) is 1. The number of anilines is 1.